The van der Waals surface area contributed by atoms with Gasteiger partial charge in [0.2, 0.25) is 11.7 Å². The average Bonchev–Trinajstić information content (AvgIpc) is 3.34. The van der Waals surface area contributed by atoms with Crippen molar-refractivity contribution < 1.29 is 36.8 Å². The van der Waals surface area contributed by atoms with Crippen molar-refractivity contribution in [2.24, 2.45) is 5.73 Å². The number of fused-ring (bicyclic) bond motifs is 1. The molecule has 2 aliphatic rings. The Hall–Kier alpha value is -3.51. The number of hydrogen-bond donors (Lipinski definition) is 3. The van der Waals surface area contributed by atoms with Gasteiger partial charge in [-0.25, -0.2) is 9.18 Å². The summed E-state index contributed by atoms with van der Waals surface area (Å²) < 4.78 is 54.6. The van der Waals surface area contributed by atoms with Crippen LogP contribution in [0.1, 0.15) is 42.3 Å². The van der Waals surface area contributed by atoms with Crippen molar-refractivity contribution >= 4 is 23.5 Å². The van der Waals surface area contributed by atoms with Crippen LogP contribution < -0.4 is 11.1 Å². The van der Waals surface area contributed by atoms with E-state index in [1.165, 1.54) is 16.9 Å². The molecule has 196 valence electrons. The maximum Gasteiger partial charge on any atom is 0.471 e. The summed E-state index contributed by atoms with van der Waals surface area (Å²) in [4.78, 5) is 24.9. The lowest BCUT2D eigenvalue weighted by atomic mass is 9.95. The van der Waals surface area contributed by atoms with Crippen molar-refractivity contribution in [2.75, 3.05) is 0 Å². The summed E-state index contributed by atoms with van der Waals surface area (Å²) in [6, 6.07) is 9.05. The van der Waals surface area contributed by atoms with E-state index in [1.807, 2.05) is 18.2 Å². The van der Waals surface area contributed by atoms with Crippen LogP contribution >= 0.6 is 11.6 Å². The maximum absolute atomic E-state index is 14.6. The number of benzene rings is 2. The van der Waals surface area contributed by atoms with Gasteiger partial charge in [0.25, 0.3) is 0 Å². The molecule has 1 fully saturated rings. The number of halogens is 5. The molecule has 1 atom stereocenters. The van der Waals surface area contributed by atoms with Crippen LogP contribution in [0.2, 0.25) is 5.02 Å². The topological polar surface area (TPSA) is 131 Å². The molecule has 0 saturated heterocycles. The Morgan fingerprint density at radius 2 is 1.95 bits per heavy atom. The van der Waals surface area contributed by atoms with Gasteiger partial charge in [-0.3, -0.25) is 4.79 Å². The highest BCUT2D eigenvalue weighted by Gasteiger charge is 2.55. The van der Waals surface area contributed by atoms with E-state index < -0.39 is 29.4 Å². The number of carbonyl (C=O) groups is 2. The van der Waals surface area contributed by atoms with Gasteiger partial charge in [0.05, 0.1) is 5.56 Å². The predicted molar refractivity (Wildman–Crippen MR) is 124 cm³/mol. The molecule has 8 nitrogen and oxygen atoms in total. The number of aryl methyl sites for hydroxylation is 2. The van der Waals surface area contributed by atoms with Crippen molar-refractivity contribution in [1.29, 1.82) is 0 Å². The number of nitrogens with zero attached hydrogens (tertiary/aromatic N) is 2. The molecule has 1 saturated carbocycles. The van der Waals surface area contributed by atoms with Crippen molar-refractivity contribution in [3.63, 3.8) is 0 Å². The van der Waals surface area contributed by atoms with Gasteiger partial charge in [-0.1, -0.05) is 35.0 Å². The van der Waals surface area contributed by atoms with E-state index >= 15 is 0 Å². The number of amides is 1. The fourth-order valence-corrected chi connectivity index (χ4v) is 4.26. The fraction of sp³-hybridized carbons (Fsp3) is 0.333. The van der Waals surface area contributed by atoms with Crippen molar-refractivity contribution in [3.05, 3.63) is 58.2 Å². The molecule has 3 aromatic rings. The normalized spacial score (nSPS) is 17.4. The van der Waals surface area contributed by atoms with Gasteiger partial charge in [0.15, 0.2) is 0 Å². The van der Waals surface area contributed by atoms with Gasteiger partial charge >= 0.3 is 18.1 Å². The molecule has 0 radical (unpaired) electrons. The van der Waals surface area contributed by atoms with Crippen LogP contribution in [-0.4, -0.2) is 38.8 Å². The zero-order valence-electron chi connectivity index (χ0n) is 19.3. The van der Waals surface area contributed by atoms with Crippen LogP contribution in [0.15, 0.2) is 34.9 Å². The Bertz CT molecular complexity index is 1370. The van der Waals surface area contributed by atoms with E-state index in [2.05, 4.69) is 10.1 Å². The first-order valence-corrected chi connectivity index (χ1v) is 11.5. The molecule has 5 rings (SSSR count). The van der Waals surface area contributed by atoms with E-state index in [1.54, 1.807) is 13.0 Å². The third kappa shape index (κ3) is 5.59. The van der Waals surface area contributed by atoms with Crippen LogP contribution in [0.4, 0.5) is 17.6 Å². The Kier molecular flexibility index (Phi) is 6.99. The summed E-state index contributed by atoms with van der Waals surface area (Å²) in [5, 5.41) is 14.1. The Morgan fingerprint density at radius 1 is 1.24 bits per heavy atom. The molecular formula is C24H21ClF4N4O4. The van der Waals surface area contributed by atoms with E-state index in [9.17, 15) is 27.2 Å². The highest BCUT2D eigenvalue weighted by Crippen LogP contribution is 2.39. The van der Waals surface area contributed by atoms with Crippen LogP contribution in [0.3, 0.4) is 0 Å². The highest BCUT2D eigenvalue weighted by atomic mass is 35.5. The quantitative estimate of drug-likeness (QED) is 0.408. The number of carboxylic acid groups (broad SMARTS) is 1. The van der Waals surface area contributed by atoms with Crippen molar-refractivity contribution in [3.8, 4) is 22.5 Å². The van der Waals surface area contributed by atoms with E-state index in [0.29, 0.717) is 22.0 Å². The third-order valence-corrected chi connectivity index (χ3v) is 6.37. The Labute approximate surface area is 212 Å². The van der Waals surface area contributed by atoms with Crippen molar-refractivity contribution in [1.82, 2.24) is 15.5 Å². The zero-order chi connectivity index (χ0) is 27.1. The number of nitrogens with one attached hydrogen (secondary N) is 1. The van der Waals surface area contributed by atoms with Crippen molar-refractivity contribution in [2.45, 2.75) is 50.4 Å². The van der Waals surface area contributed by atoms with Gasteiger partial charge in [-0.05, 0) is 60.1 Å². The molecule has 4 N–H and O–H groups in total. The lowest BCUT2D eigenvalue weighted by molar-refractivity contribution is -0.176. The minimum atomic E-state index is -5.02. The van der Waals surface area contributed by atoms with Gasteiger partial charge in [0.1, 0.15) is 11.4 Å². The number of aromatic nitrogens is 2. The SMILES string of the molecule is Cc1nc(-c2c(F)cc(Cl)cc2-c2ccc3c(c2)CC[C@@H]3N)no1.O=C(NC1(C(=O)O)CC1)C(F)(F)F. The average molecular weight is 541 g/mol. The second kappa shape index (κ2) is 9.75. The summed E-state index contributed by atoms with van der Waals surface area (Å²) in [5.41, 5.74) is 8.56. The third-order valence-electron chi connectivity index (χ3n) is 6.15. The molecule has 13 heteroatoms. The Morgan fingerprint density at radius 3 is 2.51 bits per heavy atom. The van der Waals surface area contributed by atoms with Crippen LogP contribution in [-0.2, 0) is 16.0 Å². The summed E-state index contributed by atoms with van der Waals surface area (Å²) in [6.45, 7) is 1.67. The molecule has 1 aromatic heterocycles. The first kappa shape index (κ1) is 26.6. The number of nitrogens with two attached hydrogens (primary N) is 1. The second-order valence-electron chi connectivity index (χ2n) is 8.85. The minimum absolute atomic E-state index is 0.0458. The minimum Gasteiger partial charge on any atom is -0.480 e. The number of rotatable bonds is 4. The van der Waals surface area contributed by atoms with Crippen LogP contribution in [0.5, 0.6) is 0 Å². The lowest BCUT2D eigenvalue weighted by Crippen LogP contribution is -2.48. The summed E-state index contributed by atoms with van der Waals surface area (Å²) in [6.07, 6.45) is -3.08. The number of alkyl halides is 3. The number of carboxylic acids is 1. The van der Waals surface area contributed by atoms with Gasteiger partial charge in [-0.15, -0.1) is 0 Å². The number of carbonyl (C=O) groups excluding carboxylic acids is 1. The van der Waals surface area contributed by atoms with Gasteiger partial charge in [0, 0.05) is 18.0 Å². The molecule has 1 heterocycles. The largest absolute Gasteiger partial charge is 0.480 e. The molecule has 1 amide bonds. The molecule has 0 spiro atoms. The maximum atomic E-state index is 14.6. The molecule has 2 aliphatic carbocycles. The molecule has 0 aliphatic heterocycles. The van der Waals surface area contributed by atoms with Gasteiger partial charge in [-0.2, -0.15) is 18.2 Å². The smallest absolute Gasteiger partial charge is 0.471 e. The number of hydrogen-bond acceptors (Lipinski definition) is 6. The molecule has 37 heavy (non-hydrogen) atoms. The first-order chi connectivity index (χ1) is 17.3. The monoisotopic (exact) mass is 540 g/mol. The highest BCUT2D eigenvalue weighted by molar-refractivity contribution is 6.31. The first-order valence-electron chi connectivity index (χ1n) is 11.1. The Balaban J connectivity index is 0.000000209. The molecule has 2 aromatic carbocycles. The molecule has 0 bridgehead atoms. The second-order valence-corrected chi connectivity index (χ2v) is 9.28. The standard InChI is InChI=1S/C18H15ClFN3O.C6H6F3NO3/c1-9-22-18(23-24-9)17-14(7-12(19)8-15(17)20)11-2-4-13-10(6-11)3-5-16(13)21;7-6(8,9)3(11)10-5(1-2-5)4(12)13/h2,4,6-8,16H,3,5,21H2,1H3;1-2H2,(H,10,11)(H,12,13)/t16-;/m0./s1. The lowest BCUT2D eigenvalue weighted by Gasteiger charge is -2.13. The summed E-state index contributed by atoms with van der Waals surface area (Å²) in [5.74, 6) is -3.51. The summed E-state index contributed by atoms with van der Waals surface area (Å²) >= 11 is 6.08. The fourth-order valence-electron chi connectivity index (χ4n) is 4.05. The predicted octanol–water partition coefficient (Wildman–Crippen LogP) is 4.73. The van der Waals surface area contributed by atoms with Gasteiger partial charge < -0.3 is 20.7 Å². The van der Waals surface area contributed by atoms with Crippen LogP contribution in [0, 0.1) is 12.7 Å². The molecule has 0 unspecified atom stereocenters. The summed E-state index contributed by atoms with van der Waals surface area (Å²) in [7, 11) is 0. The van der Waals surface area contributed by atoms with Crippen LogP contribution in [0.25, 0.3) is 22.5 Å². The zero-order valence-corrected chi connectivity index (χ0v) is 20.1. The molecular weight excluding hydrogens is 520 g/mol. The number of aliphatic carboxylic acids is 1. The van der Waals surface area contributed by atoms with E-state index in [0.717, 1.165) is 24.0 Å². The van der Waals surface area contributed by atoms with E-state index in [4.69, 9.17) is 27.0 Å². The van der Waals surface area contributed by atoms with E-state index in [-0.39, 0.29) is 24.7 Å².